The topological polar surface area (TPSA) is 95.0 Å². The van der Waals surface area contributed by atoms with Gasteiger partial charge in [-0.15, -0.1) is 0 Å². The Balaban J connectivity index is 1.75. The molecule has 0 aliphatic carbocycles. The van der Waals surface area contributed by atoms with Crippen LogP contribution in [0.25, 0.3) is 0 Å². The lowest BCUT2D eigenvalue weighted by Crippen LogP contribution is -2.45. The first-order valence-corrected chi connectivity index (χ1v) is 7.98. The molecule has 0 bridgehead atoms. The van der Waals surface area contributed by atoms with Crippen molar-refractivity contribution in [2.75, 3.05) is 13.1 Å². The average molecular weight is 330 g/mol. The normalized spacial score (nSPS) is 18.0. The number of carbonyl (C=O) groups is 4. The van der Waals surface area contributed by atoms with Crippen LogP contribution in [0.3, 0.4) is 0 Å². The first-order valence-electron chi connectivity index (χ1n) is 7.98. The Kier molecular flexibility index (Phi) is 4.33. The molecule has 126 valence electrons. The fourth-order valence-corrected chi connectivity index (χ4v) is 3.24. The van der Waals surface area contributed by atoms with Crippen molar-refractivity contribution >= 4 is 23.7 Å². The Morgan fingerprint density at radius 1 is 1.04 bits per heavy atom. The molecule has 3 amide bonds. The van der Waals surface area contributed by atoms with Gasteiger partial charge in [0, 0.05) is 19.5 Å². The maximum absolute atomic E-state index is 12.4. The van der Waals surface area contributed by atoms with Gasteiger partial charge >= 0.3 is 5.97 Å². The second-order valence-electron chi connectivity index (χ2n) is 6.01. The molecule has 2 aliphatic heterocycles. The number of carbonyl (C=O) groups excluding carboxylic acids is 3. The van der Waals surface area contributed by atoms with Crippen molar-refractivity contribution in [3.63, 3.8) is 0 Å². The van der Waals surface area contributed by atoms with Gasteiger partial charge in [0.25, 0.3) is 11.8 Å². The second kappa shape index (κ2) is 6.43. The van der Waals surface area contributed by atoms with Crippen molar-refractivity contribution in [3.8, 4) is 0 Å². The van der Waals surface area contributed by atoms with Crippen LogP contribution in [0.2, 0.25) is 0 Å². The van der Waals surface area contributed by atoms with E-state index in [0.717, 1.165) is 17.7 Å². The number of hydrogen-bond acceptors (Lipinski definition) is 4. The lowest BCUT2D eigenvalue weighted by Gasteiger charge is -2.23. The van der Waals surface area contributed by atoms with E-state index in [1.54, 1.807) is 17.0 Å². The Morgan fingerprint density at radius 3 is 2.08 bits per heavy atom. The average Bonchev–Trinajstić information content (AvgIpc) is 3.18. The number of rotatable bonds is 5. The summed E-state index contributed by atoms with van der Waals surface area (Å²) < 4.78 is 0. The maximum Gasteiger partial charge on any atom is 0.326 e. The number of carboxylic acids is 1. The van der Waals surface area contributed by atoms with Crippen molar-refractivity contribution in [2.45, 2.75) is 31.7 Å². The largest absolute Gasteiger partial charge is 0.480 e. The Labute approximate surface area is 138 Å². The standard InChI is InChI=1S/C17H18N2O5/c20-14(18-9-3-4-10-18)8-7-13(17(23)24)19-15(21)11-5-1-2-6-12(11)16(19)22/h1-2,5-6,13H,3-4,7-10H2,(H,23,24)/t13-/m1/s1. The molecule has 7 heteroatoms. The second-order valence-corrected chi connectivity index (χ2v) is 6.01. The van der Waals surface area contributed by atoms with Gasteiger partial charge in [-0.1, -0.05) is 12.1 Å². The highest BCUT2D eigenvalue weighted by Crippen LogP contribution is 2.26. The molecule has 0 aromatic heterocycles. The Hall–Kier alpha value is -2.70. The van der Waals surface area contributed by atoms with Crippen LogP contribution in [0.1, 0.15) is 46.4 Å². The molecular weight excluding hydrogens is 312 g/mol. The summed E-state index contributed by atoms with van der Waals surface area (Å²) in [5.41, 5.74) is 0.416. The van der Waals surface area contributed by atoms with Crippen LogP contribution in [0.15, 0.2) is 24.3 Å². The number of fused-ring (bicyclic) bond motifs is 1. The maximum atomic E-state index is 12.4. The van der Waals surface area contributed by atoms with E-state index in [-0.39, 0.29) is 29.9 Å². The quantitative estimate of drug-likeness (QED) is 0.817. The molecule has 1 saturated heterocycles. The first kappa shape index (κ1) is 16.2. The summed E-state index contributed by atoms with van der Waals surface area (Å²) in [6, 6.07) is 4.93. The van der Waals surface area contributed by atoms with Crippen molar-refractivity contribution in [2.24, 2.45) is 0 Å². The van der Waals surface area contributed by atoms with E-state index in [2.05, 4.69) is 0 Å². The summed E-state index contributed by atoms with van der Waals surface area (Å²) in [4.78, 5) is 51.0. The first-order chi connectivity index (χ1) is 11.5. The van der Waals surface area contributed by atoms with Gasteiger partial charge in [0.05, 0.1) is 11.1 Å². The minimum absolute atomic E-state index is 0.00434. The highest BCUT2D eigenvalue weighted by molar-refractivity contribution is 6.22. The third-order valence-corrected chi connectivity index (χ3v) is 4.51. The molecule has 0 radical (unpaired) electrons. The monoisotopic (exact) mass is 330 g/mol. The van der Waals surface area contributed by atoms with Crippen molar-refractivity contribution in [1.29, 1.82) is 0 Å². The van der Waals surface area contributed by atoms with Gasteiger partial charge in [-0.3, -0.25) is 19.3 Å². The molecule has 1 N–H and O–H groups in total. The highest BCUT2D eigenvalue weighted by atomic mass is 16.4. The van der Waals surface area contributed by atoms with Crippen molar-refractivity contribution in [1.82, 2.24) is 9.80 Å². The SMILES string of the molecule is O=C(O)[C@@H](CCC(=O)N1CCCC1)N1C(=O)c2ccccc2C1=O. The van der Waals surface area contributed by atoms with E-state index in [1.807, 2.05) is 0 Å². The molecule has 1 aromatic carbocycles. The van der Waals surface area contributed by atoms with Gasteiger partial charge in [-0.25, -0.2) is 4.79 Å². The molecule has 0 unspecified atom stereocenters. The smallest absolute Gasteiger partial charge is 0.326 e. The third kappa shape index (κ3) is 2.77. The highest BCUT2D eigenvalue weighted by Gasteiger charge is 2.42. The van der Waals surface area contributed by atoms with Gasteiger partial charge in [-0.05, 0) is 31.4 Å². The molecule has 1 aromatic rings. The van der Waals surface area contributed by atoms with Crippen LogP contribution < -0.4 is 0 Å². The minimum atomic E-state index is -1.33. The predicted octanol–water partition coefficient (Wildman–Crippen LogP) is 1.14. The van der Waals surface area contributed by atoms with Gasteiger partial charge in [0.1, 0.15) is 6.04 Å². The summed E-state index contributed by atoms with van der Waals surface area (Å²) in [5.74, 6) is -2.64. The van der Waals surface area contributed by atoms with Crippen LogP contribution in [0.4, 0.5) is 0 Å². The summed E-state index contributed by atoms with van der Waals surface area (Å²) in [6.45, 7) is 1.37. The Morgan fingerprint density at radius 2 is 1.58 bits per heavy atom. The van der Waals surface area contributed by atoms with E-state index >= 15 is 0 Å². The summed E-state index contributed by atoms with van der Waals surface area (Å²) >= 11 is 0. The van der Waals surface area contributed by atoms with E-state index in [0.29, 0.717) is 13.1 Å². The molecule has 3 rings (SSSR count). The van der Waals surface area contributed by atoms with Crippen LogP contribution in [-0.2, 0) is 9.59 Å². The molecule has 2 aliphatic rings. The number of benzene rings is 1. The zero-order chi connectivity index (χ0) is 17.3. The van der Waals surface area contributed by atoms with Crippen LogP contribution in [-0.4, -0.2) is 57.7 Å². The number of amides is 3. The third-order valence-electron chi connectivity index (χ3n) is 4.51. The van der Waals surface area contributed by atoms with Crippen LogP contribution in [0.5, 0.6) is 0 Å². The molecule has 0 saturated carbocycles. The van der Waals surface area contributed by atoms with Gasteiger partial charge in [-0.2, -0.15) is 0 Å². The van der Waals surface area contributed by atoms with Crippen molar-refractivity contribution < 1.29 is 24.3 Å². The molecule has 1 fully saturated rings. The lowest BCUT2D eigenvalue weighted by molar-refractivity contribution is -0.142. The molecule has 1 atom stereocenters. The number of aliphatic carboxylic acids is 1. The van der Waals surface area contributed by atoms with E-state index in [4.69, 9.17) is 0 Å². The number of imide groups is 1. The summed E-state index contributed by atoms with van der Waals surface area (Å²) in [6.07, 6.45) is 1.83. The van der Waals surface area contributed by atoms with Crippen LogP contribution >= 0.6 is 0 Å². The van der Waals surface area contributed by atoms with Gasteiger partial charge in [0.2, 0.25) is 5.91 Å². The predicted molar refractivity (Wildman–Crippen MR) is 83.4 cm³/mol. The van der Waals surface area contributed by atoms with Gasteiger partial charge in [0.15, 0.2) is 0 Å². The lowest BCUT2D eigenvalue weighted by atomic mass is 10.1. The van der Waals surface area contributed by atoms with Crippen LogP contribution in [0, 0.1) is 0 Å². The molecule has 0 spiro atoms. The molecule has 24 heavy (non-hydrogen) atoms. The van der Waals surface area contributed by atoms with E-state index in [1.165, 1.54) is 12.1 Å². The van der Waals surface area contributed by atoms with E-state index in [9.17, 15) is 24.3 Å². The minimum Gasteiger partial charge on any atom is -0.480 e. The van der Waals surface area contributed by atoms with Crippen molar-refractivity contribution in [3.05, 3.63) is 35.4 Å². The zero-order valence-electron chi connectivity index (χ0n) is 13.1. The summed E-state index contributed by atoms with van der Waals surface area (Å²) in [5, 5.41) is 9.46. The Bertz CT molecular complexity index is 674. The number of nitrogens with zero attached hydrogens (tertiary/aromatic N) is 2. The van der Waals surface area contributed by atoms with E-state index < -0.39 is 23.8 Å². The molecule has 2 heterocycles. The van der Waals surface area contributed by atoms with Gasteiger partial charge < -0.3 is 10.0 Å². The fourth-order valence-electron chi connectivity index (χ4n) is 3.24. The molecular formula is C17H18N2O5. The number of likely N-dealkylation sites (tertiary alicyclic amines) is 1. The number of carboxylic acid groups (broad SMARTS) is 1. The fraction of sp³-hybridized carbons (Fsp3) is 0.412. The zero-order valence-corrected chi connectivity index (χ0v) is 13.1. The summed E-state index contributed by atoms with van der Waals surface area (Å²) in [7, 11) is 0. The number of hydrogen-bond donors (Lipinski definition) is 1. The molecule has 7 nitrogen and oxygen atoms in total.